The smallest absolute Gasteiger partial charge is 0.130 e. The number of hydrogen-bond donors (Lipinski definition) is 1. The van der Waals surface area contributed by atoms with Crippen molar-refractivity contribution in [2.75, 3.05) is 19.6 Å². The molecule has 2 fully saturated rings. The quantitative estimate of drug-likeness (QED) is 0.867. The van der Waals surface area contributed by atoms with Crippen LogP contribution >= 0.6 is 23.2 Å². The van der Waals surface area contributed by atoms with Crippen molar-refractivity contribution in [3.63, 3.8) is 0 Å². The molecule has 2 atom stereocenters. The summed E-state index contributed by atoms with van der Waals surface area (Å²) in [7, 11) is 0. The van der Waals surface area contributed by atoms with Gasteiger partial charge < -0.3 is 5.32 Å². The van der Waals surface area contributed by atoms with Crippen molar-refractivity contribution in [1.29, 1.82) is 0 Å². The molecule has 5 heteroatoms. The number of hydrogen-bond acceptors (Lipinski definition) is 3. The minimum atomic E-state index is 0.463. The third kappa shape index (κ3) is 3.45. The summed E-state index contributed by atoms with van der Waals surface area (Å²) in [6.45, 7) is 4.39. The summed E-state index contributed by atoms with van der Waals surface area (Å²) in [6, 6.07) is 2.45. The molecule has 1 aromatic heterocycles. The lowest BCUT2D eigenvalue weighted by Gasteiger charge is -2.35. The molecule has 2 unspecified atom stereocenters. The van der Waals surface area contributed by atoms with Gasteiger partial charge in [0.25, 0.3) is 0 Å². The van der Waals surface area contributed by atoms with Crippen LogP contribution in [-0.2, 0) is 6.54 Å². The summed E-state index contributed by atoms with van der Waals surface area (Å²) in [6.07, 6.45) is 7.10. The van der Waals surface area contributed by atoms with Gasteiger partial charge in [-0.2, -0.15) is 0 Å². The summed E-state index contributed by atoms with van der Waals surface area (Å²) < 4.78 is 0. The Balaban J connectivity index is 1.62. The van der Waals surface area contributed by atoms with E-state index in [9.17, 15) is 0 Å². The minimum absolute atomic E-state index is 0.463. The van der Waals surface area contributed by atoms with Crippen LogP contribution in [0.5, 0.6) is 0 Å². The second kappa shape index (κ2) is 6.61. The first-order valence-corrected chi connectivity index (χ1v) is 8.23. The van der Waals surface area contributed by atoms with E-state index in [1.165, 1.54) is 32.2 Å². The predicted molar refractivity (Wildman–Crippen MR) is 83.3 cm³/mol. The fraction of sp³-hybridized carbons (Fsp3) is 0.667. The topological polar surface area (TPSA) is 28.2 Å². The fourth-order valence-corrected chi connectivity index (χ4v) is 3.90. The van der Waals surface area contributed by atoms with Crippen molar-refractivity contribution in [2.45, 2.75) is 38.3 Å². The van der Waals surface area contributed by atoms with Gasteiger partial charge in [0.1, 0.15) is 5.15 Å². The van der Waals surface area contributed by atoms with E-state index in [2.05, 4.69) is 15.2 Å². The molecule has 3 nitrogen and oxygen atoms in total. The highest BCUT2D eigenvalue weighted by Gasteiger charge is 2.29. The van der Waals surface area contributed by atoms with Crippen LogP contribution in [0.15, 0.2) is 12.3 Å². The van der Waals surface area contributed by atoms with Crippen LogP contribution in [0.4, 0.5) is 0 Å². The molecule has 0 radical (unpaired) electrons. The number of piperidine rings is 1. The van der Waals surface area contributed by atoms with E-state index in [0.717, 1.165) is 42.2 Å². The Labute approximate surface area is 130 Å². The fourth-order valence-electron chi connectivity index (χ4n) is 3.47. The Kier molecular flexibility index (Phi) is 4.82. The summed E-state index contributed by atoms with van der Waals surface area (Å²) in [5.74, 6) is 0.783. The highest BCUT2D eigenvalue weighted by molar-refractivity contribution is 6.34. The molecule has 110 valence electrons. The van der Waals surface area contributed by atoms with E-state index in [1.807, 2.05) is 6.20 Å². The van der Waals surface area contributed by atoms with Gasteiger partial charge in [-0.15, -0.1) is 0 Å². The monoisotopic (exact) mass is 313 g/mol. The normalized spacial score (nSPS) is 27.9. The molecule has 1 N–H and O–H groups in total. The molecular formula is C15H21Cl2N3. The Morgan fingerprint density at radius 3 is 2.95 bits per heavy atom. The van der Waals surface area contributed by atoms with Crippen molar-refractivity contribution >= 4 is 23.2 Å². The van der Waals surface area contributed by atoms with Gasteiger partial charge in [-0.3, -0.25) is 4.90 Å². The number of halogens is 2. The van der Waals surface area contributed by atoms with Crippen molar-refractivity contribution in [3.05, 3.63) is 28.0 Å². The highest BCUT2D eigenvalue weighted by Crippen LogP contribution is 2.27. The number of aromatic nitrogens is 1. The standard InChI is InChI=1S/C15H21Cl2N3/c16-13-7-15(17)19-8-12(13)10-20-6-2-3-11(9-20)14-4-1-5-18-14/h7-8,11,14,18H,1-6,9-10H2. The number of nitrogens with zero attached hydrogens (tertiary/aromatic N) is 2. The van der Waals surface area contributed by atoms with Crippen LogP contribution in [-0.4, -0.2) is 35.6 Å². The zero-order valence-corrected chi connectivity index (χ0v) is 13.1. The number of likely N-dealkylation sites (tertiary alicyclic amines) is 1. The van der Waals surface area contributed by atoms with Crippen molar-refractivity contribution < 1.29 is 0 Å². The van der Waals surface area contributed by atoms with Gasteiger partial charge in [-0.05, 0) is 50.8 Å². The Morgan fingerprint density at radius 1 is 1.30 bits per heavy atom. The Bertz CT molecular complexity index is 460. The number of rotatable bonds is 3. The SMILES string of the molecule is Clc1cc(Cl)c(CN2CCCC(C3CCCN3)C2)cn1. The predicted octanol–water partition coefficient (Wildman–Crippen LogP) is 3.35. The Hall–Kier alpha value is -0.350. The molecule has 2 aliphatic rings. The van der Waals surface area contributed by atoms with E-state index >= 15 is 0 Å². The molecule has 0 saturated carbocycles. The van der Waals surface area contributed by atoms with E-state index in [-0.39, 0.29) is 0 Å². The van der Waals surface area contributed by atoms with Crippen LogP contribution in [0, 0.1) is 5.92 Å². The molecule has 0 amide bonds. The molecule has 20 heavy (non-hydrogen) atoms. The van der Waals surface area contributed by atoms with Gasteiger partial charge in [0.05, 0.1) is 0 Å². The van der Waals surface area contributed by atoms with E-state index in [1.54, 1.807) is 6.07 Å². The van der Waals surface area contributed by atoms with Gasteiger partial charge in [-0.25, -0.2) is 4.98 Å². The lowest BCUT2D eigenvalue weighted by Crippen LogP contribution is -2.43. The molecular weight excluding hydrogens is 293 g/mol. The average molecular weight is 314 g/mol. The first-order chi connectivity index (χ1) is 9.72. The maximum absolute atomic E-state index is 6.25. The third-order valence-corrected chi connectivity index (χ3v) is 5.06. The molecule has 3 rings (SSSR count). The number of pyridine rings is 1. The van der Waals surface area contributed by atoms with E-state index in [0.29, 0.717) is 5.15 Å². The maximum atomic E-state index is 6.25. The molecule has 3 heterocycles. The van der Waals surface area contributed by atoms with Gasteiger partial charge in [0.2, 0.25) is 0 Å². The van der Waals surface area contributed by atoms with Crippen LogP contribution in [0.2, 0.25) is 10.2 Å². The minimum Gasteiger partial charge on any atom is -0.314 e. The summed E-state index contributed by atoms with van der Waals surface area (Å²) in [4.78, 5) is 6.65. The molecule has 2 saturated heterocycles. The van der Waals surface area contributed by atoms with Crippen molar-refractivity contribution in [3.8, 4) is 0 Å². The lowest BCUT2D eigenvalue weighted by atomic mass is 9.89. The van der Waals surface area contributed by atoms with E-state index in [4.69, 9.17) is 23.2 Å². The average Bonchev–Trinajstić information content (AvgIpc) is 2.96. The van der Waals surface area contributed by atoms with E-state index < -0.39 is 0 Å². The van der Waals surface area contributed by atoms with Gasteiger partial charge >= 0.3 is 0 Å². The van der Waals surface area contributed by atoms with Crippen LogP contribution in [0.3, 0.4) is 0 Å². The summed E-state index contributed by atoms with van der Waals surface area (Å²) >= 11 is 12.1. The largest absolute Gasteiger partial charge is 0.314 e. The van der Waals surface area contributed by atoms with Gasteiger partial charge in [-0.1, -0.05) is 23.2 Å². The molecule has 0 spiro atoms. The van der Waals surface area contributed by atoms with Crippen molar-refractivity contribution in [1.82, 2.24) is 15.2 Å². The zero-order valence-electron chi connectivity index (χ0n) is 11.6. The third-order valence-electron chi connectivity index (χ3n) is 4.50. The van der Waals surface area contributed by atoms with Gasteiger partial charge in [0.15, 0.2) is 0 Å². The van der Waals surface area contributed by atoms with Crippen molar-refractivity contribution in [2.24, 2.45) is 5.92 Å². The Morgan fingerprint density at radius 2 is 2.20 bits per heavy atom. The molecule has 0 aliphatic carbocycles. The molecule has 1 aromatic rings. The number of nitrogens with one attached hydrogen (secondary N) is 1. The highest BCUT2D eigenvalue weighted by atomic mass is 35.5. The summed E-state index contributed by atoms with van der Waals surface area (Å²) in [5, 5.41) is 4.84. The molecule has 0 aromatic carbocycles. The summed E-state index contributed by atoms with van der Waals surface area (Å²) in [5.41, 5.74) is 1.08. The van der Waals surface area contributed by atoms with Crippen LogP contribution in [0.25, 0.3) is 0 Å². The first kappa shape index (κ1) is 14.6. The molecule has 2 aliphatic heterocycles. The first-order valence-electron chi connectivity index (χ1n) is 7.48. The lowest BCUT2D eigenvalue weighted by molar-refractivity contribution is 0.145. The van der Waals surface area contributed by atoms with Crippen LogP contribution in [0.1, 0.15) is 31.2 Å². The maximum Gasteiger partial charge on any atom is 0.130 e. The van der Waals surface area contributed by atoms with Crippen LogP contribution < -0.4 is 5.32 Å². The van der Waals surface area contributed by atoms with Gasteiger partial charge in [0, 0.05) is 35.9 Å². The second-order valence-electron chi connectivity index (χ2n) is 5.94. The molecule has 0 bridgehead atoms. The zero-order chi connectivity index (χ0) is 13.9. The second-order valence-corrected chi connectivity index (χ2v) is 6.73.